The van der Waals surface area contributed by atoms with E-state index >= 15 is 0 Å². The summed E-state index contributed by atoms with van der Waals surface area (Å²) in [5.41, 5.74) is 2.54. The van der Waals surface area contributed by atoms with Gasteiger partial charge in [-0.25, -0.2) is 0 Å². The van der Waals surface area contributed by atoms with Crippen molar-refractivity contribution >= 4 is 29.2 Å². The monoisotopic (exact) mass is 438 g/mol. The van der Waals surface area contributed by atoms with Gasteiger partial charge in [0, 0.05) is 22.9 Å². The van der Waals surface area contributed by atoms with Crippen molar-refractivity contribution in [2.24, 2.45) is 4.99 Å². The SMILES string of the molecule is CCC(C)c1ccc(O)c(N=Cc2cc(Cc3ccccc3Cl)cc([N+](=O)[O-])c2O)c1. The molecular formula is C24H23ClN2O4. The summed E-state index contributed by atoms with van der Waals surface area (Å²) in [7, 11) is 0. The molecule has 3 aromatic carbocycles. The molecule has 0 fully saturated rings. The van der Waals surface area contributed by atoms with Crippen LogP contribution < -0.4 is 0 Å². The predicted molar refractivity (Wildman–Crippen MR) is 123 cm³/mol. The van der Waals surface area contributed by atoms with Gasteiger partial charge in [0.15, 0.2) is 0 Å². The third-order valence-electron chi connectivity index (χ3n) is 5.25. The van der Waals surface area contributed by atoms with Gasteiger partial charge in [0.1, 0.15) is 11.4 Å². The Labute approximate surface area is 185 Å². The fourth-order valence-electron chi connectivity index (χ4n) is 3.23. The summed E-state index contributed by atoms with van der Waals surface area (Å²) in [6, 6.07) is 15.4. The molecule has 0 spiro atoms. The van der Waals surface area contributed by atoms with Crippen molar-refractivity contribution in [3.8, 4) is 11.5 Å². The Bertz CT molecular complexity index is 1140. The Balaban J connectivity index is 2.02. The lowest BCUT2D eigenvalue weighted by Crippen LogP contribution is -1.97. The molecule has 1 unspecified atom stereocenters. The van der Waals surface area contributed by atoms with Gasteiger partial charge in [-0.3, -0.25) is 15.1 Å². The second kappa shape index (κ2) is 9.62. The van der Waals surface area contributed by atoms with E-state index in [2.05, 4.69) is 18.8 Å². The molecule has 0 aliphatic rings. The van der Waals surface area contributed by atoms with Gasteiger partial charge in [-0.2, -0.15) is 0 Å². The molecule has 0 saturated carbocycles. The van der Waals surface area contributed by atoms with Gasteiger partial charge in [0.05, 0.1) is 4.92 Å². The fraction of sp³-hybridized carbons (Fsp3) is 0.208. The van der Waals surface area contributed by atoms with Crippen LogP contribution in [0.25, 0.3) is 0 Å². The lowest BCUT2D eigenvalue weighted by Gasteiger charge is -2.10. The van der Waals surface area contributed by atoms with E-state index in [0.717, 1.165) is 17.5 Å². The molecular weight excluding hydrogens is 416 g/mol. The van der Waals surface area contributed by atoms with Crippen LogP contribution in [0.4, 0.5) is 11.4 Å². The van der Waals surface area contributed by atoms with E-state index < -0.39 is 16.4 Å². The highest BCUT2D eigenvalue weighted by Gasteiger charge is 2.19. The maximum absolute atomic E-state index is 11.5. The topological polar surface area (TPSA) is 96.0 Å². The summed E-state index contributed by atoms with van der Waals surface area (Å²) >= 11 is 6.22. The number of nitrogens with zero attached hydrogens (tertiary/aromatic N) is 2. The molecule has 0 amide bonds. The van der Waals surface area contributed by atoms with E-state index in [1.54, 1.807) is 24.3 Å². The first-order valence-corrected chi connectivity index (χ1v) is 10.3. The lowest BCUT2D eigenvalue weighted by molar-refractivity contribution is -0.385. The highest BCUT2D eigenvalue weighted by molar-refractivity contribution is 6.31. The Kier molecular flexibility index (Phi) is 6.92. The van der Waals surface area contributed by atoms with E-state index in [1.165, 1.54) is 12.3 Å². The zero-order chi connectivity index (χ0) is 22.5. The van der Waals surface area contributed by atoms with Crippen LogP contribution >= 0.6 is 11.6 Å². The number of nitro groups is 1. The highest BCUT2D eigenvalue weighted by Crippen LogP contribution is 2.34. The Morgan fingerprint density at radius 3 is 2.58 bits per heavy atom. The predicted octanol–water partition coefficient (Wildman–Crippen LogP) is 6.51. The van der Waals surface area contributed by atoms with Crippen molar-refractivity contribution in [2.45, 2.75) is 32.6 Å². The summed E-state index contributed by atoms with van der Waals surface area (Å²) in [4.78, 5) is 15.1. The van der Waals surface area contributed by atoms with Crippen molar-refractivity contribution in [3.63, 3.8) is 0 Å². The van der Waals surface area contributed by atoms with E-state index in [-0.39, 0.29) is 11.3 Å². The summed E-state index contributed by atoms with van der Waals surface area (Å²) in [5.74, 6) is -0.193. The highest BCUT2D eigenvalue weighted by atomic mass is 35.5. The second-order valence-corrected chi connectivity index (χ2v) is 7.80. The Morgan fingerprint density at radius 2 is 1.90 bits per heavy atom. The first-order chi connectivity index (χ1) is 14.8. The molecule has 6 nitrogen and oxygen atoms in total. The van der Waals surface area contributed by atoms with Gasteiger partial charge in [0.25, 0.3) is 0 Å². The standard InChI is InChI=1S/C24H23ClN2O4/c1-3-15(2)17-8-9-23(28)21(13-17)26-14-19-11-16(12-22(24(19)29)27(30)31)10-18-6-4-5-7-20(18)25/h4-9,11-15,28-29H,3,10H2,1-2H3. The molecule has 0 aliphatic carbocycles. The Morgan fingerprint density at radius 1 is 1.16 bits per heavy atom. The molecule has 0 heterocycles. The first kappa shape index (κ1) is 22.3. The van der Waals surface area contributed by atoms with Gasteiger partial charge in [0.2, 0.25) is 5.75 Å². The number of benzene rings is 3. The molecule has 31 heavy (non-hydrogen) atoms. The number of hydrogen-bond donors (Lipinski definition) is 2. The minimum absolute atomic E-state index is 0.00971. The lowest BCUT2D eigenvalue weighted by atomic mass is 9.98. The molecule has 3 aromatic rings. The van der Waals surface area contributed by atoms with Gasteiger partial charge in [-0.15, -0.1) is 0 Å². The molecule has 0 aromatic heterocycles. The number of hydrogen-bond acceptors (Lipinski definition) is 5. The summed E-state index contributed by atoms with van der Waals surface area (Å²) < 4.78 is 0. The van der Waals surface area contributed by atoms with Gasteiger partial charge in [-0.05, 0) is 59.7 Å². The minimum Gasteiger partial charge on any atom is -0.506 e. The van der Waals surface area contributed by atoms with E-state index in [9.17, 15) is 20.3 Å². The maximum Gasteiger partial charge on any atom is 0.311 e. The average Bonchev–Trinajstić information content (AvgIpc) is 2.75. The van der Waals surface area contributed by atoms with E-state index in [1.807, 2.05) is 24.3 Å². The number of phenolic OH excluding ortho intramolecular Hbond substituents is 2. The zero-order valence-electron chi connectivity index (χ0n) is 17.2. The van der Waals surface area contributed by atoms with Crippen LogP contribution in [0, 0.1) is 10.1 Å². The quantitative estimate of drug-likeness (QED) is 0.249. The third kappa shape index (κ3) is 5.22. The van der Waals surface area contributed by atoms with Crippen LogP contribution in [0.2, 0.25) is 5.02 Å². The number of phenols is 2. The van der Waals surface area contributed by atoms with E-state index in [0.29, 0.717) is 28.6 Å². The number of aromatic hydroxyl groups is 2. The second-order valence-electron chi connectivity index (χ2n) is 7.39. The Hall–Kier alpha value is -3.38. The van der Waals surface area contributed by atoms with E-state index in [4.69, 9.17) is 11.6 Å². The van der Waals surface area contributed by atoms with Crippen molar-refractivity contribution in [2.75, 3.05) is 0 Å². The van der Waals surface area contributed by atoms with Gasteiger partial charge in [-0.1, -0.05) is 49.7 Å². The van der Waals surface area contributed by atoms with Crippen molar-refractivity contribution < 1.29 is 15.1 Å². The van der Waals surface area contributed by atoms with Crippen LogP contribution in [-0.4, -0.2) is 21.4 Å². The zero-order valence-corrected chi connectivity index (χ0v) is 18.0. The smallest absolute Gasteiger partial charge is 0.311 e. The van der Waals surface area contributed by atoms with Crippen LogP contribution in [0.15, 0.2) is 59.6 Å². The van der Waals surface area contributed by atoms with Gasteiger partial charge >= 0.3 is 5.69 Å². The summed E-state index contributed by atoms with van der Waals surface area (Å²) in [6.45, 7) is 4.15. The third-order valence-corrected chi connectivity index (χ3v) is 5.62. The summed E-state index contributed by atoms with van der Waals surface area (Å²) in [5, 5.41) is 32.6. The largest absolute Gasteiger partial charge is 0.506 e. The number of aliphatic imine (C=N–C) groups is 1. The van der Waals surface area contributed by atoms with Crippen molar-refractivity contribution in [1.29, 1.82) is 0 Å². The molecule has 0 aliphatic heterocycles. The first-order valence-electron chi connectivity index (χ1n) is 9.90. The van der Waals surface area contributed by atoms with Crippen LogP contribution in [0.1, 0.15) is 48.4 Å². The number of halogens is 1. The van der Waals surface area contributed by atoms with Crippen molar-refractivity contribution in [3.05, 3.63) is 92.0 Å². The molecule has 160 valence electrons. The van der Waals surface area contributed by atoms with Crippen molar-refractivity contribution in [1.82, 2.24) is 0 Å². The minimum atomic E-state index is -0.635. The van der Waals surface area contributed by atoms with Crippen LogP contribution in [0.5, 0.6) is 11.5 Å². The molecule has 7 heteroatoms. The molecule has 3 rings (SSSR count). The molecule has 0 saturated heterocycles. The molecule has 0 bridgehead atoms. The van der Waals surface area contributed by atoms with Gasteiger partial charge < -0.3 is 10.2 Å². The van der Waals surface area contributed by atoms with Crippen LogP contribution in [0.3, 0.4) is 0 Å². The fourth-order valence-corrected chi connectivity index (χ4v) is 3.43. The molecule has 1 atom stereocenters. The molecule has 0 radical (unpaired) electrons. The molecule has 2 N–H and O–H groups in total. The number of rotatable bonds is 7. The van der Waals surface area contributed by atoms with Crippen LogP contribution in [-0.2, 0) is 6.42 Å². The maximum atomic E-state index is 11.5. The normalized spacial score (nSPS) is 12.2. The number of nitro benzene ring substituents is 1. The summed E-state index contributed by atoms with van der Waals surface area (Å²) in [6.07, 6.45) is 2.62. The average molecular weight is 439 g/mol.